The predicted molar refractivity (Wildman–Crippen MR) is 49.7 cm³/mol. The Morgan fingerprint density at radius 3 is 2.54 bits per heavy atom. The minimum Gasteiger partial charge on any atom is -0.327 e. The molecule has 0 saturated heterocycles. The first-order valence-electron chi connectivity index (χ1n) is 5.12. The second kappa shape index (κ2) is 3.91. The van der Waals surface area contributed by atoms with Crippen molar-refractivity contribution in [2.24, 2.45) is 17.6 Å². The minimum atomic E-state index is -2.52. The molecular weight excluding hydrogens is 172 g/mol. The fraction of sp³-hybridized carbons (Fsp3) is 1.00. The highest BCUT2D eigenvalue weighted by Gasteiger charge is 2.43. The van der Waals surface area contributed by atoms with E-state index in [4.69, 9.17) is 5.73 Å². The first-order chi connectivity index (χ1) is 5.99. The van der Waals surface area contributed by atoms with E-state index < -0.39 is 11.8 Å². The monoisotopic (exact) mass is 191 g/mol. The van der Waals surface area contributed by atoms with Crippen LogP contribution in [0, 0.1) is 11.8 Å². The van der Waals surface area contributed by atoms with Crippen LogP contribution in [0.4, 0.5) is 8.78 Å². The number of hydrogen-bond acceptors (Lipinski definition) is 1. The van der Waals surface area contributed by atoms with Crippen LogP contribution in [0.3, 0.4) is 0 Å². The van der Waals surface area contributed by atoms with E-state index >= 15 is 0 Å². The summed E-state index contributed by atoms with van der Waals surface area (Å²) in [7, 11) is 0. The summed E-state index contributed by atoms with van der Waals surface area (Å²) in [5.74, 6) is -3.05. The maximum Gasteiger partial charge on any atom is 0.250 e. The Balaban J connectivity index is 2.67. The quantitative estimate of drug-likeness (QED) is 0.713. The van der Waals surface area contributed by atoms with Gasteiger partial charge in [-0.05, 0) is 18.8 Å². The highest BCUT2D eigenvalue weighted by atomic mass is 19.3. The van der Waals surface area contributed by atoms with Crippen molar-refractivity contribution in [3.05, 3.63) is 0 Å². The lowest BCUT2D eigenvalue weighted by Crippen LogP contribution is -2.44. The third-order valence-electron chi connectivity index (χ3n) is 3.38. The van der Waals surface area contributed by atoms with Gasteiger partial charge in [-0.25, -0.2) is 8.78 Å². The second-order valence-corrected chi connectivity index (χ2v) is 4.17. The SMILES string of the molecule is CCC(F)(F)C1CCCC(N)C1C. The summed E-state index contributed by atoms with van der Waals surface area (Å²) >= 11 is 0. The molecule has 0 aromatic carbocycles. The maximum absolute atomic E-state index is 13.4. The van der Waals surface area contributed by atoms with Crippen LogP contribution in [0.5, 0.6) is 0 Å². The molecule has 3 atom stereocenters. The first-order valence-corrected chi connectivity index (χ1v) is 5.12. The van der Waals surface area contributed by atoms with Crippen molar-refractivity contribution < 1.29 is 8.78 Å². The van der Waals surface area contributed by atoms with Gasteiger partial charge in [0.05, 0.1) is 0 Å². The topological polar surface area (TPSA) is 26.0 Å². The van der Waals surface area contributed by atoms with Crippen molar-refractivity contribution in [3.8, 4) is 0 Å². The van der Waals surface area contributed by atoms with E-state index in [2.05, 4.69) is 0 Å². The van der Waals surface area contributed by atoms with Crippen molar-refractivity contribution in [2.45, 2.75) is 51.5 Å². The summed E-state index contributed by atoms with van der Waals surface area (Å²) in [5, 5.41) is 0. The molecule has 1 nitrogen and oxygen atoms in total. The first kappa shape index (κ1) is 10.9. The molecule has 0 bridgehead atoms. The normalized spacial score (nSPS) is 36.2. The van der Waals surface area contributed by atoms with E-state index in [0.29, 0.717) is 6.42 Å². The smallest absolute Gasteiger partial charge is 0.250 e. The number of halogens is 2. The zero-order chi connectivity index (χ0) is 10.1. The Kier molecular flexibility index (Phi) is 3.28. The number of rotatable bonds is 2. The summed E-state index contributed by atoms with van der Waals surface area (Å²) in [6, 6.07) is -0.0313. The van der Waals surface area contributed by atoms with Gasteiger partial charge in [0.15, 0.2) is 0 Å². The molecule has 0 aromatic heterocycles. The van der Waals surface area contributed by atoms with Gasteiger partial charge in [-0.3, -0.25) is 0 Å². The van der Waals surface area contributed by atoms with Gasteiger partial charge in [0, 0.05) is 18.4 Å². The fourth-order valence-electron chi connectivity index (χ4n) is 2.26. The molecule has 0 aliphatic heterocycles. The van der Waals surface area contributed by atoms with E-state index in [0.717, 1.165) is 12.8 Å². The summed E-state index contributed by atoms with van der Waals surface area (Å²) < 4.78 is 26.8. The molecule has 0 aromatic rings. The molecule has 1 saturated carbocycles. The van der Waals surface area contributed by atoms with Crippen molar-refractivity contribution in [1.82, 2.24) is 0 Å². The van der Waals surface area contributed by atoms with Crippen LogP contribution >= 0.6 is 0 Å². The number of alkyl halides is 2. The zero-order valence-electron chi connectivity index (χ0n) is 8.39. The lowest BCUT2D eigenvalue weighted by atomic mass is 9.73. The van der Waals surface area contributed by atoms with Crippen molar-refractivity contribution in [2.75, 3.05) is 0 Å². The summed E-state index contributed by atoms with van der Waals surface area (Å²) in [4.78, 5) is 0. The van der Waals surface area contributed by atoms with Gasteiger partial charge < -0.3 is 5.73 Å². The largest absolute Gasteiger partial charge is 0.327 e. The summed E-state index contributed by atoms with van der Waals surface area (Å²) in [6.45, 7) is 3.41. The Morgan fingerprint density at radius 1 is 1.38 bits per heavy atom. The predicted octanol–water partition coefficient (Wildman–Crippen LogP) is 2.80. The Labute approximate surface area is 78.7 Å². The third-order valence-corrected chi connectivity index (χ3v) is 3.38. The van der Waals surface area contributed by atoms with Gasteiger partial charge in [-0.15, -0.1) is 0 Å². The standard InChI is InChI=1S/C10H19F2N/c1-3-10(11,12)8-5-4-6-9(13)7(8)2/h7-9H,3-6,13H2,1-2H3. The molecule has 1 aliphatic rings. The number of nitrogens with two attached hydrogens (primary N) is 1. The molecule has 1 fully saturated rings. The van der Waals surface area contributed by atoms with Gasteiger partial charge in [0.2, 0.25) is 0 Å². The number of hydrogen-bond donors (Lipinski definition) is 1. The van der Waals surface area contributed by atoms with E-state index in [9.17, 15) is 8.78 Å². The van der Waals surface area contributed by atoms with Crippen molar-refractivity contribution >= 4 is 0 Å². The average molecular weight is 191 g/mol. The molecular formula is C10H19F2N. The van der Waals surface area contributed by atoms with Crippen LogP contribution in [0.2, 0.25) is 0 Å². The van der Waals surface area contributed by atoms with Crippen LogP contribution in [-0.2, 0) is 0 Å². The molecule has 0 heterocycles. The minimum absolute atomic E-state index is 0.0313. The van der Waals surface area contributed by atoms with Crippen LogP contribution < -0.4 is 5.73 Å². The maximum atomic E-state index is 13.4. The molecule has 1 rings (SSSR count). The average Bonchev–Trinajstić information content (AvgIpc) is 2.09. The van der Waals surface area contributed by atoms with Crippen LogP contribution in [0.25, 0.3) is 0 Å². The van der Waals surface area contributed by atoms with Gasteiger partial charge in [0.1, 0.15) is 0 Å². The van der Waals surface area contributed by atoms with Gasteiger partial charge in [0.25, 0.3) is 5.92 Å². The van der Waals surface area contributed by atoms with Gasteiger partial charge in [-0.1, -0.05) is 20.3 Å². The fourth-order valence-corrected chi connectivity index (χ4v) is 2.26. The Morgan fingerprint density at radius 2 is 2.00 bits per heavy atom. The zero-order valence-corrected chi connectivity index (χ0v) is 8.39. The highest BCUT2D eigenvalue weighted by Crippen LogP contribution is 2.41. The van der Waals surface area contributed by atoms with Gasteiger partial charge >= 0.3 is 0 Å². The Hall–Kier alpha value is -0.180. The molecule has 1 aliphatic carbocycles. The lowest BCUT2D eigenvalue weighted by molar-refractivity contribution is -0.0954. The highest BCUT2D eigenvalue weighted by molar-refractivity contribution is 4.88. The van der Waals surface area contributed by atoms with Crippen molar-refractivity contribution in [1.29, 1.82) is 0 Å². The third kappa shape index (κ3) is 2.19. The molecule has 3 unspecified atom stereocenters. The molecule has 78 valence electrons. The van der Waals surface area contributed by atoms with E-state index in [1.54, 1.807) is 6.92 Å². The van der Waals surface area contributed by atoms with E-state index in [1.807, 2.05) is 6.92 Å². The molecule has 0 radical (unpaired) electrons. The molecule has 13 heavy (non-hydrogen) atoms. The second-order valence-electron chi connectivity index (χ2n) is 4.17. The van der Waals surface area contributed by atoms with Crippen LogP contribution in [0.15, 0.2) is 0 Å². The van der Waals surface area contributed by atoms with E-state index in [-0.39, 0.29) is 18.4 Å². The van der Waals surface area contributed by atoms with Gasteiger partial charge in [-0.2, -0.15) is 0 Å². The van der Waals surface area contributed by atoms with Crippen LogP contribution in [-0.4, -0.2) is 12.0 Å². The molecule has 0 spiro atoms. The lowest BCUT2D eigenvalue weighted by Gasteiger charge is -2.38. The molecule has 3 heteroatoms. The summed E-state index contributed by atoms with van der Waals surface area (Å²) in [5.41, 5.74) is 5.79. The van der Waals surface area contributed by atoms with Crippen LogP contribution in [0.1, 0.15) is 39.5 Å². The molecule has 2 N–H and O–H groups in total. The van der Waals surface area contributed by atoms with E-state index in [1.165, 1.54) is 0 Å². The summed E-state index contributed by atoms with van der Waals surface area (Å²) in [6.07, 6.45) is 2.33. The molecule has 0 amide bonds. The Bertz CT molecular complexity index is 170. The van der Waals surface area contributed by atoms with Crippen molar-refractivity contribution in [3.63, 3.8) is 0 Å².